The number of rotatable bonds is 6. The lowest BCUT2D eigenvalue weighted by atomic mass is 10.2. The van der Waals surface area contributed by atoms with Crippen LogP contribution in [0.1, 0.15) is 24.2 Å². The maximum Gasteiger partial charge on any atom is 0.251 e. The number of nitrogens with one attached hydrogen (secondary N) is 1. The van der Waals surface area contributed by atoms with Crippen molar-refractivity contribution in [2.45, 2.75) is 19.9 Å². The van der Waals surface area contributed by atoms with E-state index in [-0.39, 0.29) is 11.7 Å². The summed E-state index contributed by atoms with van der Waals surface area (Å²) in [5.74, 6) is 0.126. The number of aromatic hydroxyl groups is 1. The minimum absolute atomic E-state index is 0.0329. The molecule has 1 amide bonds. The van der Waals surface area contributed by atoms with Crippen LogP contribution in [0.15, 0.2) is 18.2 Å². The molecule has 0 unspecified atom stereocenters. The van der Waals surface area contributed by atoms with E-state index in [1.165, 1.54) is 13.2 Å². The third-order valence-corrected chi connectivity index (χ3v) is 3.07. The van der Waals surface area contributed by atoms with Crippen LogP contribution in [0.25, 0.3) is 0 Å². The zero-order valence-corrected chi connectivity index (χ0v) is 11.9. The fourth-order valence-electron chi connectivity index (χ4n) is 1.54. The topological polar surface area (TPSA) is 61.8 Å². The first-order valence-corrected chi connectivity index (χ1v) is 6.31. The first-order chi connectivity index (χ1) is 8.95. The molecule has 1 rings (SSSR count). The van der Waals surface area contributed by atoms with E-state index in [4.69, 9.17) is 4.74 Å². The van der Waals surface area contributed by atoms with Gasteiger partial charge in [0.05, 0.1) is 7.11 Å². The van der Waals surface area contributed by atoms with Crippen molar-refractivity contribution in [1.82, 2.24) is 10.2 Å². The summed E-state index contributed by atoms with van der Waals surface area (Å²) < 4.78 is 4.93. The number of phenolic OH excluding ortho intramolecular Hbond substituents is 1. The smallest absolute Gasteiger partial charge is 0.251 e. The summed E-state index contributed by atoms with van der Waals surface area (Å²) in [7, 11) is 3.48. The summed E-state index contributed by atoms with van der Waals surface area (Å²) in [6.07, 6.45) is 0. The van der Waals surface area contributed by atoms with Gasteiger partial charge in [0.1, 0.15) is 0 Å². The fraction of sp³-hybridized carbons (Fsp3) is 0.500. The lowest BCUT2D eigenvalue weighted by Crippen LogP contribution is -2.36. The third kappa shape index (κ3) is 4.44. The fourth-order valence-corrected chi connectivity index (χ4v) is 1.54. The number of ether oxygens (including phenoxy) is 1. The summed E-state index contributed by atoms with van der Waals surface area (Å²) in [6, 6.07) is 5.05. The molecule has 0 radical (unpaired) electrons. The second-order valence-corrected chi connectivity index (χ2v) is 4.72. The Bertz CT molecular complexity index is 433. The molecule has 5 nitrogen and oxygen atoms in total. The van der Waals surface area contributed by atoms with Gasteiger partial charge in [-0.05, 0) is 39.1 Å². The van der Waals surface area contributed by atoms with Gasteiger partial charge >= 0.3 is 0 Å². The van der Waals surface area contributed by atoms with Crippen LogP contribution in [0.5, 0.6) is 11.5 Å². The van der Waals surface area contributed by atoms with Gasteiger partial charge in [-0.25, -0.2) is 0 Å². The van der Waals surface area contributed by atoms with Crippen molar-refractivity contribution in [3.05, 3.63) is 23.8 Å². The third-order valence-electron chi connectivity index (χ3n) is 3.07. The van der Waals surface area contributed by atoms with Gasteiger partial charge in [0.15, 0.2) is 11.5 Å². The highest BCUT2D eigenvalue weighted by atomic mass is 16.5. The van der Waals surface area contributed by atoms with Gasteiger partial charge in [-0.15, -0.1) is 0 Å². The minimum Gasteiger partial charge on any atom is -0.504 e. The maximum absolute atomic E-state index is 11.9. The Labute approximate surface area is 114 Å². The van der Waals surface area contributed by atoms with E-state index in [1.54, 1.807) is 12.1 Å². The molecule has 0 fully saturated rings. The molecule has 0 atom stereocenters. The molecule has 0 spiro atoms. The molecule has 0 heterocycles. The lowest BCUT2D eigenvalue weighted by molar-refractivity contribution is 0.0947. The van der Waals surface area contributed by atoms with E-state index in [0.29, 0.717) is 23.9 Å². The Morgan fingerprint density at radius 3 is 2.68 bits per heavy atom. The number of carbonyl (C=O) groups excluding carboxylic acids is 1. The highest BCUT2D eigenvalue weighted by molar-refractivity contribution is 5.94. The van der Waals surface area contributed by atoms with Crippen molar-refractivity contribution in [3.63, 3.8) is 0 Å². The number of likely N-dealkylation sites (N-methyl/N-ethyl adjacent to an activating group) is 1. The molecule has 19 heavy (non-hydrogen) atoms. The van der Waals surface area contributed by atoms with Crippen LogP contribution in [-0.4, -0.2) is 49.2 Å². The first kappa shape index (κ1) is 15.3. The van der Waals surface area contributed by atoms with E-state index >= 15 is 0 Å². The van der Waals surface area contributed by atoms with Gasteiger partial charge in [0.25, 0.3) is 5.91 Å². The van der Waals surface area contributed by atoms with Crippen LogP contribution in [0.3, 0.4) is 0 Å². The van der Waals surface area contributed by atoms with E-state index in [2.05, 4.69) is 24.1 Å². The zero-order valence-electron chi connectivity index (χ0n) is 11.9. The Kier molecular flexibility index (Phi) is 5.63. The summed E-state index contributed by atoms with van der Waals surface area (Å²) >= 11 is 0. The normalized spacial score (nSPS) is 10.8. The lowest BCUT2D eigenvalue weighted by Gasteiger charge is -2.20. The molecular formula is C14H22N2O3. The van der Waals surface area contributed by atoms with Crippen molar-refractivity contribution in [3.8, 4) is 11.5 Å². The van der Waals surface area contributed by atoms with E-state index in [1.807, 2.05) is 7.05 Å². The SMILES string of the molecule is COc1ccc(C(=O)NCCN(C)C(C)C)cc1O. The number of hydrogen-bond donors (Lipinski definition) is 2. The second-order valence-electron chi connectivity index (χ2n) is 4.72. The molecule has 1 aromatic carbocycles. The molecule has 0 aliphatic heterocycles. The Morgan fingerprint density at radius 1 is 1.47 bits per heavy atom. The largest absolute Gasteiger partial charge is 0.504 e. The summed E-state index contributed by atoms with van der Waals surface area (Å²) in [5.41, 5.74) is 0.422. The molecule has 5 heteroatoms. The molecule has 0 saturated carbocycles. The maximum atomic E-state index is 11.9. The molecule has 0 saturated heterocycles. The van der Waals surface area contributed by atoms with Crippen LogP contribution in [-0.2, 0) is 0 Å². The van der Waals surface area contributed by atoms with Crippen LogP contribution in [0.2, 0.25) is 0 Å². The number of benzene rings is 1. The van der Waals surface area contributed by atoms with Gasteiger partial charge in [0.2, 0.25) is 0 Å². The number of carbonyl (C=O) groups is 1. The number of phenols is 1. The van der Waals surface area contributed by atoms with E-state index in [9.17, 15) is 9.90 Å². The van der Waals surface area contributed by atoms with Gasteiger partial charge in [-0.2, -0.15) is 0 Å². The van der Waals surface area contributed by atoms with Gasteiger partial charge in [-0.3, -0.25) is 4.79 Å². The van der Waals surface area contributed by atoms with Gasteiger partial charge in [-0.1, -0.05) is 0 Å². The average molecular weight is 266 g/mol. The molecule has 0 aliphatic carbocycles. The summed E-state index contributed by atoms with van der Waals surface area (Å²) in [5, 5.41) is 12.4. The molecule has 106 valence electrons. The Morgan fingerprint density at radius 2 is 2.16 bits per heavy atom. The Balaban J connectivity index is 2.52. The van der Waals surface area contributed by atoms with Crippen molar-refractivity contribution in [2.75, 3.05) is 27.2 Å². The number of nitrogens with zero attached hydrogens (tertiary/aromatic N) is 1. The minimum atomic E-state index is -0.199. The second kappa shape index (κ2) is 6.99. The van der Waals surface area contributed by atoms with Crippen molar-refractivity contribution < 1.29 is 14.6 Å². The van der Waals surface area contributed by atoms with Crippen molar-refractivity contribution in [2.24, 2.45) is 0 Å². The number of amides is 1. The zero-order chi connectivity index (χ0) is 14.4. The quantitative estimate of drug-likeness (QED) is 0.818. The van der Waals surface area contributed by atoms with Crippen LogP contribution in [0, 0.1) is 0 Å². The summed E-state index contributed by atoms with van der Waals surface area (Å²) in [6.45, 7) is 5.55. The molecule has 0 aromatic heterocycles. The Hall–Kier alpha value is -1.75. The van der Waals surface area contributed by atoms with E-state index in [0.717, 1.165) is 6.54 Å². The van der Waals surface area contributed by atoms with Crippen molar-refractivity contribution >= 4 is 5.91 Å². The molecule has 0 bridgehead atoms. The predicted molar refractivity (Wildman–Crippen MR) is 74.8 cm³/mol. The highest BCUT2D eigenvalue weighted by Crippen LogP contribution is 2.25. The monoisotopic (exact) mass is 266 g/mol. The number of hydrogen-bond acceptors (Lipinski definition) is 4. The molecule has 2 N–H and O–H groups in total. The molecular weight excluding hydrogens is 244 g/mol. The molecule has 0 aliphatic rings. The average Bonchev–Trinajstić information content (AvgIpc) is 2.38. The predicted octanol–water partition coefficient (Wildman–Crippen LogP) is 1.47. The van der Waals surface area contributed by atoms with Crippen LogP contribution >= 0.6 is 0 Å². The van der Waals surface area contributed by atoms with Gasteiger partial charge in [0, 0.05) is 24.7 Å². The summed E-state index contributed by atoms with van der Waals surface area (Å²) in [4.78, 5) is 14.0. The molecule has 1 aromatic rings. The highest BCUT2D eigenvalue weighted by Gasteiger charge is 2.10. The first-order valence-electron chi connectivity index (χ1n) is 6.31. The van der Waals surface area contributed by atoms with E-state index < -0.39 is 0 Å². The van der Waals surface area contributed by atoms with Crippen LogP contribution in [0.4, 0.5) is 0 Å². The van der Waals surface area contributed by atoms with Gasteiger partial charge < -0.3 is 20.1 Å². The van der Waals surface area contributed by atoms with Crippen LogP contribution < -0.4 is 10.1 Å². The standard InChI is InChI=1S/C14H22N2O3/c1-10(2)16(3)8-7-15-14(18)11-5-6-13(19-4)12(17)9-11/h5-6,9-10,17H,7-8H2,1-4H3,(H,15,18). The van der Waals surface area contributed by atoms with Crippen molar-refractivity contribution in [1.29, 1.82) is 0 Å². The number of methoxy groups -OCH3 is 1.